The Balaban J connectivity index is 1.61. The third-order valence-corrected chi connectivity index (χ3v) is 4.29. The van der Waals surface area contributed by atoms with Crippen LogP contribution >= 0.6 is 0 Å². The molecule has 3 aromatic rings. The van der Waals surface area contributed by atoms with Crippen LogP contribution in [0.15, 0.2) is 66.7 Å². The van der Waals surface area contributed by atoms with E-state index in [9.17, 15) is 14.9 Å². The fourth-order valence-electron chi connectivity index (χ4n) is 2.90. The summed E-state index contributed by atoms with van der Waals surface area (Å²) < 4.78 is 5.54. The van der Waals surface area contributed by atoms with Crippen LogP contribution in [0.4, 0.5) is 11.4 Å². The lowest BCUT2D eigenvalue weighted by molar-refractivity contribution is -0.384. The number of benzene rings is 3. The second-order valence-electron chi connectivity index (χ2n) is 6.02. The van der Waals surface area contributed by atoms with Gasteiger partial charge in [-0.05, 0) is 42.0 Å². The minimum Gasteiger partial charge on any atom is -0.493 e. The number of non-ortho nitro benzene ring substituents is 1. The Morgan fingerprint density at radius 2 is 1.74 bits per heavy atom. The van der Waals surface area contributed by atoms with E-state index in [1.165, 1.54) is 24.3 Å². The molecule has 0 unspecified atom stereocenters. The number of nitro benzene ring substituents is 1. The monoisotopic (exact) mass is 364 g/mol. The number of hydrogen-bond acceptors (Lipinski definition) is 4. The molecule has 3 aromatic carbocycles. The summed E-state index contributed by atoms with van der Waals surface area (Å²) in [6.07, 6.45) is 0.220. The highest BCUT2D eigenvalue weighted by molar-refractivity contribution is 5.96. The van der Waals surface area contributed by atoms with E-state index in [2.05, 4.69) is 0 Å². The second-order valence-corrected chi connectivity index (χ2v) is 6.02. The number of anilines is 1. The molecule has 0 spiro atoms. The molecule has 138 valence electrons. The van der Waals surface area contributed by atoms with Crippen molar-refractivity contribution < 1.29 is 14.5 Å². The molecule has 0 saturated carbocycles. The van der Waals surface area contributed by atoms with E-state index in [-0.39, 0.29) is 24.6 Å². The smallest absolute Gasteiger partial charge is 0.269 e. The molecule has 0 radical (unpaired) electrons. The average molecular weight is 364 g/mol. The van der Waals surface area contributed by atoms with Crippen LogP contribution < -0.4 is 9.64 Å². The first kappa shape index (κ1) is 18.4. The van der Waals surface area contributed by atoms with Crippen LogP contribution in [0, 0.1) is 10.1 Å². The Kier molecular flexibility index (Phi) is 5.66. The molecule has 0 bridgehead atoms. The largest absolute Gasteiger partial charge is 0.493 e. The molecule has 0 atom stereocenters. The number of amides is 1. The fourth-order valence-corrected chi connectivity index (χ4v) is 2.90. The van der Waals surface area contributed by atoms with E-state index in [4.69, 9.17) is 4.74 Å². The van der Waals surface area contributed by atoms with Crippen LogP contribution in [0.2, 0.25) is 0 Å². The summed E-state index contributed by atoms with van der Waals surface area (Å²) in [4.78, 5) is 24.5. The molecule has 6 nitrogen and oxygen atoms in total. The number of fused-ring (bicyclic) bond motifs is 1. The van der Waals surface area contributed by atoms with Crippen LogP contribution in [0.25, 0.3) is 10.8 Å². The van der Waals surface area contributed by atoms with Crippen LogP contribution in [0.3, 0.4) is 0 Å². The maximum atomic E-state index is 12.6. The highest BCUT2D eigenvalue weighted by Gasteiger charge is 2.14. The van der Waals surface area contributed by atoms with Gasteiger partial charge in [0.2, 0.25) is 5.91 Å². The van der Waals surface area contributed by atoms with E-state index < -0.39 is 4.92 Å². The molecule has 6 heteroatoms. The van der Waals surface area contributed by atoms with Crippen molar-refractivity contribution in [2.75, 3.05) is 18.1 Å². The van der Waals surface area contributed by atoms with E-state index >= 15 is 0 Å². The third kappa shape index (κ3) is 4.41. The minimum absolute atomic E-state index is 0.00638. The van der Waals surface area contributed by atoms with Crippen molar-refractivity contribution in [1.82, 2.24) is 0 Å². The van der Waals surface area contributed by atoms with Crippen molar-refractivity contribution in [3.05, 3.63) is 76.8 Å². The Labute approximate surface area is 157 Å². The number of ether oxygens (including phenoxy) is 1. The topological polar surface area (TPSA) is 72.7 Å². The van der Waals surface area contributed by atoms with Crippen molar-refractivity contribution in [2.24, 2.45) is 0 Å². The van der Waals surface area contributed by atoms with E-state index in [1.54, 1.807) is 4.90 Å². The predicted molar refractivity (Wildman–Crippen MR) is 105 cm³/mol. The maximum absolute atomic E-state index is 12.6. The first-order valence-electron chi connectivity index (χ1n) is 8.75. The molecule has 3 rings (SSSR count). The Bertz CT molecular complexity index is 954. The minimum atomic E-state index is -0.462. The molecule has 0 fully saturated rings. The van der Waals surface area contributed by atoms with Gasteiger partial charge in [-0.25, -0.2) is 0 Å². The molecule has 27 heavy (non-hydrogen) atoms. The number of hydrogen-bond donors (Lipinski definition) is 0. The number of nitrogens with zero attached hydrogens (tertiary/aromatic N) is 2. The normalized spacial score (nSPS) is 10.6. The van der Waals surface area contributed by atoms with Gasteiger partial charge in [-0.3, -0.25) is 14.9 Å². The van der Waals surface area contributed by atoms with E-state index in [1.807, 2.05) is 49.4 Å². The summed E-state index contributed by atoms with van der Waals surface area (Å²) in [7, 11) is 0. The summed E-state index contributed by atoms with van der Waals surface area (Å²) in [5.41, 5.74) is 0.864. The zero-order chi connectivity index (χ0) is 19.2. The SMILES string of the molecule is CCN(C(=O)CCOc1ccc([N+](=O)[O-])cc1)c1ccc2ccccc2c1. The number of carbonyl (C=O) groups excluding carboxylic acids is 1. The van der Waals surface area contributed by atoms with Gasteiger partial charge in [-0.1, -0.05) is 30.3 Å². The quantitative estimate of drug-likeness (QED) is 0.455. The lowest BCUT2D eigenvalue weighted by Crippen LogP contribution is -2.31. The van der Waals surface area contributed by atoms with Crippen LogP contribution in [0.5, 0.6) is 5.75 Å². The van der Waals surface area contributed by atoms with Crippen molar-refractivity contribution in [3.63, 3.8) is 0 Å². The van der Waals surface area contributed by atoms with Crippen LogP contribution in [-0.2, 0) is 4.79 Å². The number of carbonyl (C=O) groups is 1. The van der Waals surface area contributed by atoms with Crippen molar-refractivity contribution in [3.8, 4) is 5.75 Å². The maximum Gasteiger partial charge on any atom is 0.269 e. The van der Waals surface area contributed by atoms with Crippen molar-refractivity contribution in [1.29, 1.82) is 0 Å². The molecule has 0 aliphatic heterocycles. The van der Waals surface area contributed by atoms with Gasteiger partial charge in [0.25, 0.3) is 5.69 Å². The molecular weight excluding hydrogens is 344 g/mol. The van der Waals surface area contributed by atoms with Crippen molar-refractivity contribution in [2.45, 2.75) is 13.3 Å². The third-order valence-electron chi connectivity index (χ3n) is 4.29. The van der Waals surface area contributed by atoms with E-state index in [0.717, 1.165) is 16.5 Å². The summed E-state index contributed by atoms with van der Waals surface area (Å²) in [6.45, 7) is 2.71. The molecule has 0 heterocycles. The van der Waals surface area contributed by atoms with Crippen LogP contribution in [0.1, 0.15) is 13.3 Å². The number of nitro groups is 1. The van der Waals surface area contributed by atoms with Crippen LogP contribution in [-0.4, -0.2) is 24.0 Å². The summed E-state index contributed by atoms with van der Waals surface area (Å²) in [5.74, 6) is 0.469. The van der Waals surface area contributed by atoms with Gasteiger partial charge in [-0.2, -0.15) is 0 Å². The number of rotatable bonds is 7. The molecule has 0 aromatic heterocycles. The van der Waals surface area contributed by atoms with Gasteiger partial charge in [0.05, 0.1) is 18.0 Å². The first-order chi connectivity index (χ1) is 13.1. The van der Waals surface area contributed by atoms with Gasteiger partial charge in [-0.15, -0.1) is 0 Å². The molecule has 0 aliphatic rings. The summed E-state index contributed by atoms with van der Waals surface area (Å²) in [5, 5.41) is 12.9. The molecule has 0 N–H and O–H groups in total. The lowest BCUT2D eigenvalue weighted by Gasteiger charge is -2.21. The average Bonchev–Trinajstić information content (AvgIpc) is 2.69. The zero-order valence-corrected chi connectivity index (χ0v) is 15.0. The summed E-state index contributed by atoms with van der Waals surface area (Å²) in [6, 6.07) is 19.8. The fraction of sp³-hybridized carbons (Fsp3) is 0.190. The van der Waals surface area contributed by atoms with Gasteiger partial charge in [0, 0.05) is 24.4 Å². The molecule has 1 amide bonds. The predicted octanol–water partition coefficient (Wildman–Crippen LogP) is 4.57. The zero-order valence-electron chi connectivity index (χ0n) is 15.0. The second kappa shape index (κ2) is 8.31. The van der Waals surface area contributed by atoms with Crippen molar-refractivity contribution >= 4 is 28.1 Å². The highest BCUT2D eigenvalue weighted by Crippen LogP contribution is 2.23. The Morgan fingerprint density at radius 3 is 2.41 bits per heavy atom. The summed E-state index contributed by atoms with van der Waals surface area (Å²) >= 11 is 0. The Hall–Kier alpha value is -3.41. The van der Waals surface area contributed by atoms with Gasteiger partial charge < -0.3 is 9.64 Å². The molecular formula is C21H20N2O4. The molecule has 0 saturated heterocycles. The van der Waals surface area contributed by atoms with Gasteiger partial charge in [0.1, 0.15) is 5.75 Å². The first-order valence-corrected chi connectivity index (χ1v) is 8.75. The standard InChI is InChI=1S/C21H20N2O4/c1-2-22(19-8-7-16-5-3-4-6-17(16)15-19)21(24)13-14-27-20-11-9-18(10-12-20)23(25)26/h3-12,15H,2,13-14H2,1H3. The van der Waals surface area contributed by atoms with Gasteiger partial charge >= 0.3 is 0 Å². The highest BCUT2D eigenvalue weighted by atomic mass is 16.6. The van der Waals surface area contributed by atoms with E-state index in [0.29, 0.717) is 12.3 Å². The Morgan fingerprint density at radius 1 is 1.04 bits per heavy atom. The molecule has 0 aliphatic carbocycles. The lowest BCUT2D eigenvalue weighted by atomic mass is 10.1. The van der Waals surface area contributed by atoms with Gasteiger partial charge in [0.15, 0.2) is 0 Å².